The van der Waals surface area contributed by atoms with Crippen molar-refractivity contribution in [2.45, 2.75) is 92.3 Å². The van der Waals surface area contributed by atoms with Gasteiger partial charge in [0.25, 0.3) is 0 Å². The zero-order chi connectivity index (χ0) is 40.2. The zero-order valence-electron chi connectivity index (χ0n) is 35.3. The van der Waals surface area contributed by atoms with E-state index in [2.05, 4.69) is 184 Å². The van der Waals surface area contributed by atoms with Crippen LogP contribution in [0.3, 0.4) is 0 Å². The van der Waals surface area contributed by atoms with E-state index < -0.39 is 0 Å². The lowest BCUT2D eigenvalue weighted by Crippen LogP contribution is -2.74. The van der Waals surface area contributed by atoms with E-state index in [1.807, 2.05) is 11.8 Å². The summed E-state index contributed by atoms with van der Waals surface area (Å²) in [5.74, 6) is 3.45. The smallest absolute Gasteiger partial charge is 0.0604 e. The first-order valence-corrected chi connectivity index (χ1v) is 23.5. The van der Waals surface area contributed by atoms with Crippen LogP contribution < -0.4 is 4.90 Å². The van der Waals surface area contributed by atoms with Crippen LogP contribution >= 0.6 is 11.8 Å². The average Bonchev–Trinajstić information content (AvgIpc) is 3.81. The van der Waals surface area contributed by atoms with Crippen LogP contribution in [0, 0.1) is 29.1 Å². The number of benzene rings is 7. The molecule has 4 saturated carbocycles. The summed E-state index contributed by atoms with van der Waals surface area (Å²) in [6, 6.07) is 58.4. The molecule has 296 valence electrons. The maximum atomic E-state index is 2.62. The van der Waals surface area contributed by atoms with Crippen LogP contribution in [0.4, 0.5) is 17.1 Å². The zero-order valence-corrected chi connectivity index (χ0v) is 36.2. The molecule has 1 heterocycles. The first-order chi connectivity index (χ1) is 29.1. The second-order valence-corrected chi connectivity index (χ2v) is 21.9. The number of hydrogen-bond acceptors (Lipinski definition) is 2. The number of nitrogens with zero attached hydrogens (tertiary/aromatic N) is 1. The Morgan fingerprint density at radius 3 is 1.88 bits per heavy atom. The lowest BCUT2D eigenvalue weighted by Gasteiger charge is -2.78. The Balaban J connectivity index is 0.953. The molecule has 6 atom stereocenters. The van der Waals surface area contributed by atoms with Crippen molar-refractivity contribution in [3.63, 3.8) is 0 Å². The molecule has 1 aliphatic heterocycles. The largest absolute Gasteiger partial charge is 0.309 e. The van der Waals surface area contributed by atoms with Gasteiger partial charge in [-0.05, 0) is 182 Å². The first-order valence-electron chi connectivity index (χ1n) is 22.7. The third-order valence-electron chi connectivity index (χ3n) is 17.2. The van der Waals surface area contributed by atoms with Crippen LogP contribution in [-0.2, 0) is 16.2 Å². The van der Waals surface area contributed by atoms with Crippen molar-refractivity contribution >= 4 is 39.6 Å². The second kappa shape index (κ2) is 12.3. The van der Waals surface area contributed by atoms with E-state index in [0.29, 0.717) is 5.41 Å². The van der Waals surface area contributed by atoms with Crippen LogP contribution in [0.5, 0.6) is 0 Å². The molecule has 2 heteroatoms. The number of anilines is 3. The van der Waals surface area contributed by atoms with Crippen molar-refractivity contribution in [3.8, 4) is 22.3 Å². The van der Waals surface area contributed by atoms with E-state index in [0.717, 1.165) is 23.7 Å². The maximum Gasteiger partial charge on any atom is 0.0604 e. The highest BCUT2D eigenvalue weighted by molar-refractivity contribution is 7.99. The molecule has 1 nitrogen and oxygen atoms in total. The lowest BCUT2D eigenvalue weighted by molar-refractivity contribution is -0.235. The van der Waals surface area contributed by atoms with Gasteiger partial charge in [0.1, 0.15) is 0 Å². The highest BCUT2D eigenvalue weighted by Gasteiger charge is 2.84. The minimum absolute atomic E-state index is 0.116. The van der Waals surface area contributed by atoms with E-state index in [4.69, 9.17) is 0 Å². The Labute approximate surface area is 360 Å². The van der Waals surface area contributed by atoms with Crippen molar-refractivity contribution in [1.29, 1.82) is 0 Å². The van der Waals surface area contributed by atoms with Gasteiger partial charge in [0, 0.05) is 26.6 Å². The van der Waals surface area contributed by atoms with Gasteiger partial charge in [-0.15, -0.1) is 0 Å². The summed E-state index contributed by atoms with van der Waals surface area (Å²) in [4.78, 5) is 5.58. The monoisotopic (exact) mass is 795 g/mol. The maximum absolute atomic E-state index is 2.62. The standard InChI is InChI=1S/C58H53NS/c1-55(2)27-28-56(3,4)49-34-45(25-26-46(49)55)59(44-23-21-38(22-24-44)40-18-20-41-31-39(17-19-42(41)32-40)37-11-6-5-7-12-37)50-15-10-14-48-54(50)60-51-16-9-8-13-47(51)58(48)52-30-36-29-43-33-53(58)57(43,52)35-36/h5-26,31-32,34,36,43,52-53H,27-30,33,35H2,1-4H3. The normalized spacial score (nSPS) is 27.9. The Kier molecular flexibility index (Phi) is 7.31. The highest BCUT2D eigenvalue weighted by atomic mass is 32.2. The summed E-state index contributed by atoms with van der Waals surface area (Å²) in [5, 5.41) is 2.54. The molecule has 13 rings (SSSR count). The predicted molar refractivity (Wildman–Crippen MR) is 251 cm³/mol. The lowest BCUT2D eigenvalue weighted by atomic mass is 9.26. The molecular weight excluding hydrogens is 743 g/mol. The molecule has 6 aliphatic rings. The summed E-state index contributed by atoms with van der Waals surface area (Å²) < 4.78 is 0. The second-order valence-electron chi connectivity index (χ2n) is 20.8. The number of fused-ring (bicyclic) bond motifs is 9. The molecule has 0 amide bonds. The molecule has 0 N–H and O–H groups in total. The van der Waals surface area contributed by atoms with Gasteiger partial charge in [-0.25, -0.2) is 0 Å². The summed E-state index contributed by atoms with van der Waals surface area (Å²) in [6.07, 6.45) is 8.24. The minimum atomic E-state index is 0.116. The van der Waals surface area contributed by atoms with E-state index in [1.165, 1.54) is 110 Å². The van der Waals surface area contributed by atoms with Gasteiger partial charge < -0.3 is 4.90 Å². The van der Waals surface area contributed by atoms with Crippen LogP contribution in [0.25, 0.3) is 33.0 Å². The molecule has 5 aliphatic carbocycles. The number of rotatable bonds is 5. The van der Waals surface area contributed by atoms with E-state index in [1.54, 1.807) is 11.1 Å². The molecular formula is C58H53NS. The molecule has 0 aromatic heterocycles. The fraction of sp³-hybridized carbons (Fsp3) is 0.310. The van der Waals surface area contributed by atoms with E-state index in [9.17, 15) is 0 Å². The van der Waals surface area contributed by atoms with Crippen molar-refractivity contribution in [2.75, 3.05) is 4.90 Å². The summed E-state index contributed by atoms with van der Waals surface area (Å²) in [5.41, 5.74) is 16.1. The Hall–Kier alpha value is -5.05. The van der Waals surface area contributed by atoms with E-state index >= 15 is 0 Å². The van der Waals surface area contributed by atoms with Crippen molar-refractivity contribution in [1.82, 2.24) is 0 Å². The van der Waals surface area contributed by atoms with Gasteiger partial charge in [0.05, 0.1) is 5.69 Å². The van der Waals surface area contributed by atoms with Gasteiger partial charge in [-0.3, -0.25) is 0 Å². The fourth-order valence-electron chi connectivity index (χ4n) is 14.4. The fourth-order valence-corrected chi connectivity index (χ4v) is 15.8. The van der Waals surface area contributed by atoms with Gasteiger partial charge in [-0.1, -0.05) is 143 Å². The van der Waals surface area contributed by atoms with E-state index in [-0.39, 0.29) is 16.2 Å². The molecule has 6 unspecified atom stereocenters. The third-order valence-corrected chi connectivity index (χ3v) is 18.4. The topological polar surface area (TPSA) is 3.24 Å². The molecule has 7 aromatic rings. The SMILES string of the molecule is CC1(C)CCC(C)(C)c2cc(N(c3ccc(-c4ccc5cc(-c6ccccc6)ccc5c4)cc3)c3cccc4c3Sc3ccccc3C43C4CC5CC6CC3C64C5)ccc21. The number of hydrogen-bond donors (Lipinski definition) is 0. The predicted octanol–water partition coefficient (Wildman–Crippen LogP) is 15.8. The van der Waals surface area contributed by atoms with Gasteiger partial charge >= 0.3 is 0 Å². The third kappa shape index (κ3) is 4.67. The molecule has 2 spiro atoms. The minimum Gasteiger partial charge on any atom is -0.309 e. The van der Waals surface area contributed by atoms with Gasteiger partial charge in [0.2, 0.25) is 0 Å². The first kappa shape index (κ1) is 35.7. The van der Waals surface area contributed by atoms with Crippen LogP contribution in [-0.4, -0.2) is 0 Å². The van der Waals surface area contributed by atoms with Crippen molar-refractivity contribution in [3.05, 3.63) is 174 Å². The Bertz CT molecular complexity index is 2900. The molecule has 2 bridgehead atoms. The molecule has 7 aromatic carbocycles. The summed E-state index contributed by atoms with van der Waals surface area (Å²) >= 11 is 2.04. The average molecular weight is 796 g/mol. The Morgan fingerprint density at radius 2 is 1.13 bits per heavy atom. The highest BCUT2D eigenvalue weighted by Crippen LogP contribution is 2.89. The van der Waals surface area contributed by atoms with Gasteiger partial charge in [-0.2, -0.15) is 0 Å². The summed E-state index contributed by atoms with van der Waals surface area (Å²) in [6.45, 7) is 9.81. The van der Waals surface area contributed by atoms with Crippen LogP contribution in [0.15, 0.2) is 161 Å². The van der Waals surface area contributed by atoms with Crippen LogP contribution in [0.2, 0.25) is 0 Å². The van der Waals surface area contributed by atoms with Crippen molar-refractivity contribution < 1.29 is 0 Å². The van der Waals surface area contributed by atoms with Gasteiger partial charge in [0.15, 0.2) is 0 Å². The quantitative estimate of drug-likeness (QED) is 0.171. The van der Waals surface area contributed by atoms with Crippen LogP contribution in [0.1, 0.15) is 88.5 Å². The summed E-state index contributed by atoms with van der Waals surface area (Å²) in [7, 11) is 0. The molecule has 4 fully saturated rings. The molecule has 0 radical (unpaired) electrons. The van der Waals surface area contributed by atoms with Crippen molar-refractivity contribution in [2.24, 2.45) is 29.1 Å². The molecule has 60 heavy (non-hydrogen) atoms. The molecule has 0 saturated heterocycles. The Morgan fingerprint density at radius 1 is 0.500 bits per heavy atom.